The van der Waals surface area contributed by atoms with E-state index in [9.17, 15) is 9.59 Å². The predicted molar refractivity (Wildman–Crippen MR) is 107 cm³/mol. The van der Waals surface area contributed by atoms with Crippen LogP contribution in [0.15, 0.2) is 48.5 Å². The van der Waals surface area contributed by atoms with E-state index in [1.165, 1.54) is 14.2 Å². The second-order valence-corrected chi connectivity index (χ2v) is 6.18. The lowest BCUT2D eigenvalue weighted by Crippen LogP contribution is -2.32. The van der Waals surface area contributed by atoms with Gasteiger partial charge in [-0.2, -0.15) is 0 Å². The molecule has 0 spiro atoms. The zero-order valence-corrected chi connectivity index (χ0v) is 16.3. The lowest BCUT2D eigenvalue weighted by atomic mass is 10.1. The van der Waals surface area contributed by atoms with Gasteiger partial charge < -0.3 is 25.4 Å². The Morgan fingerprint density at radius 2 is 1.86 bits per heavy atom. The van der Waals surface area contributed by atoms with Crippen LogP contribution in [0.25, 0.3) is 0 Å². The number of amides is 2. The van der Waals surface area contributed by atoms with Gasteiger partial charge in [0.2, 0.25) is 0 Å². The molecule has 0 aliphatic heterocycles. The van der Waals surface area contributed by atoms with Gasteiger partial charge in [-0.25, -0.2) is 0 Å². The number of nitrogens with two attached hydrogens (primary N) is 1. The number of hydrogen-bond acceptors (Lipinski definition) is 5. The SMILES string of the molecule is CNC(=O)COc1ccc(C(=O)N(CCCN)Cc2ccccc2)cc1OC. The number of benzene rings is 2. The molecular weight excluding hydrogens is 358 g/mol. The number of carbonyl (C=O) groups excluding carboxylic acids is 2. The fourth-order valence-corrected chi connectivity index (χ4v) is 2.66. The molecule has 0 saturated heterocycles. The number of carbonyl (C=O) groups is 2. The zero-order valence-electron chi connectivity index (χ0n) is 16.3. The molecule has 0 saturated carbocycles. The number of methoxy groups -OCH3 is 1. The van der Waals surface area contributed by atoms with Crippen molar-refractivity contribution in [2.75, 3.05) is 33.9 Å². The first-order valence-electron chi connectivity index (χ1n) is 9.13. The molecule has 28 heavy (non-hydrogen) atoms. The standard InChI is InChI=1S/C21H27N3O4/c1-23-20(25)15-28-18-10-9-17(13-19(18)27-2)21(26)24(12-6-11-22)14-16-7-4-3-5-8-16/h3-5,7-10,13H,6,11-12,14-15,22H2,1-2H3,(H,23,25). The van der Waals surface area contributed by atoms with Crippen molar-refractivity contribution < 1.29 is 19.1 Å². The molecule has 2 rings (SSSR count). The van der Waals surface area contributed by atoms with E-state index >= 15 is 0 Å². The second-order valence-electron chi connectivity index (χ2n) is 6.18. The molecule has 3 N–H and O–H groups in total. The first kappa shape index (κ1) is 21.2. The summed E-state index contributed by atoms with van der Waals surface area (Å²) in [5, 5.41) is 2.48. The predicted octanol–water partition coefficient (Wildman–Crippen LogP) is 1.81. The average Bonchev–Trinajstić information content (AvgIpc) is 2.74. The number of likely N-dealkylation sites (N-methyl/N-ethyl adjacent to an activating group) is 1. The summed E-state index contributed by atoms with van der Waals surface area (Å²) in [4.78, 5) is 26.2. The van der Waals surface area contributed by atoms with Crippen LogP contribution in [-0.4, -0.2) is 50.6 Å². The molecule has 0 bridgehead atoms. The van der Waals surface area contributed by atoms with Gasteiger partial charge in [0.15, 0.2) is 18.1 Å². The van der Waals surface area contributed by atoms with Crippen LogP contribution in [0.5, 0.6) is 11.5 Å². The molecule has 150 valence electrons. The Bertz CT molecular complexity index is 780. The molecule has 0 unspecified atom stereocenters. The third-order valence-electron chi connectivity index (χ3n) is 4.18. The summed E-state index contributed by atoms with van der Waals surface area (Å²) in [6.07, 6.45) is 0.711. The van der Waals surface area contributed by atoms with Crippen molar-refractivity contribution in [2.24, 2.45) is 5.73 Å². The topological polar surface area (TPSA) is 93.9 Å². The number of nitrogens with one attached hydrogen (secondary N) is 1. The highest BCUT2D eigenvalue weighted by Crippen LogP contribution is 2.28. The van der Waals surface area contributed by atoms with Crippen LogP contribution >= 0.6 is 0 Å². The summed E-state index contributed by atoms with van der Waals surface area (Å²) in [6.45, 7) is 1.43. The van der Waals surface area contributed by atoms with E-state index in [0.717, 1.165) is 5.56 Å². The van der Waals surface area contributed by atoms with Gasteiger partial charge in [0.1, 0.15) is 0 Å². The van der Waals surface area contributed by atoms with E-state index in [2.05, 4.69) is 5.32 Å². The first-order valence-corrected chi connectivity index (χ1v) is 9.13. The molecule has 0 radical (unpaired) electrons. The molecule has 0 fully saturated rings. The highest BCUT2D eigenvalue weighted by molar-refractivity contribution is 5.95. The summed E-state index contributed by atoms with van der Waals surface area (Å²) in [6, 6.07) is 14.7. The highest BCUT2D eigenvalue weighted by Gasteiger charge is 2.18. The molecule has 0 atom stereocenters. The fraction of sp³-hybridized carbons (Fsp3) is 0.333. The molecule has 2 amide bonds. The largest absolute Gasteiger partial charge is 0.493 e. The summed E-state index contributed by atoms with van der Waals surface area (Å²) in [7, 11) is 3.03. The van der Waals surface area contributed by atoms with E-state index in [4.69, 9.17) is 15.2 Å². The normalized spacial score (nSPS) is 10.2. The Labute approximate surface area is 165 Å². The van der Waals surface area contributed by atoms with Crippen molar-refractivity contribution in [3.05, 3.63) is 59.7 Å². The summed E-state index contributed by atoms with van der Waals surface area (Å²) in [5.74, 6) is 0.430. The van der Waals surface area contributed by atoms with E-state index in [0.29, 0.717) is 43.1 Å². The Kier molecular flexibility index (Phi) is 8.30. The van der Waals surface area contributed by atoms with Crippen LogP contribution < -0.4 is 20.5 Å². The van der Waals surface area contributed by atoms with Crippen molar-refractivity contribution in [1.29, 1.82) is 0 Å². The van der Waals surface area contributed by atoms with Gasteiger partial charge in [-0.1, -0.05) is 30.3 Å². The fourth-order valence-electron chi connectivity index (χ4n) is 2.66. The zero-order chi connectivity index (χ0) is 20.4. The van der Waals surface area contributed by atoms with Gasteiger partial charge in [0.25, 0.3) is 11.8 Å². The van der Waals surface area contributed by atoms with Crippen LogP contribution in [0, 0.1) is 0 Å². The van der Waals surface area contributed by atoms with Crippen LogP contribution in [-0.2, 0) is 11.3 Å². The van der Waals surface area contributed by atoms with Gasteiger partial charge >= 0.3 is 0 Å². The minimum atomic E-state index is -0.252. The van der Waals surface area contributed by atoms with Crippen molar-refractivity contribution in [2.45, 2.75) is 13.0 Å². The summed E-state index contributed by atoms with van der Waals surface area (Å²) >= 11 is 0. The maximum atomic E-state index is 13.1. The van der Waals surface area contributed by atoms with Gasteiger partial charge in [-0.05, 0) is 36.7 Å². The Morgan fingerprint density at radius 3 is 2.50 bits per heavy atom. The molecule has 7 nitrogen and oxygen atoms in total. The van der Waals surface area contributed by atoms with Crippen LogP contribution in [0.2, 0.25) is 0 Å². The highest BCUT2D eigenvalue weighted by atomic mass is 16.5. The minimum absolute atomic E-state index is 0.117. The van der Waals surface area contributed by atoms with Crippen molar-refractivity contribution in [3.8, 4) is 11.5 Å². The lowest BCUT2D eigenvalue weighted by Gasteiger charge is -2.23. The summed E-state index contributed by atoms with van der Waals surface area (Å²) in [5.41, 5.74) is 7.17. The maximum Gasteiger partial charge on any atom is 0.257 e. The smallest absolute Gasteiger partial charge is 0.257 e. The Balaban J connectivity index is 2.19. The van der Waals surface area contributed by atoms with Gasteiger partial charge in [0.05, 0.1) is 7.11 Å². The average molecular weight is 385 g/mol. The number of hydrogen-bond donors (Lipinski definition) is 2. The van der Waals surface area contributed by atoms with Crippen LogP contribution in [0.3, 0.4) is 0 Å². The minimum Gasteiger partial charge on any atom is -0.493 e. The quantitative estimate of drug-likeness (QED) is 0.651. The lowest BCUT2D eigenvalue weighted by molar-refractivity contribution is -0.122. The first-order chi connectivity index (χ1) is 13.6. The number of rotatable bonds is 10. The third kappa shape index (κ3) is 5.99. The van der Waals surface area contributed by atoms with Crippen molar-refractivity contribution in [1.82, 2.24) is 10.2 Å². The molecule has 7 heteroatoms. The van der Waals surface area contributed by atoms with Gasteiger partial charge in [-0.15, -0.1) is 0 Å². The van der Waals surface area contributed by atoms with E-state index in [-0.39, 0.29) is 18.4 Å². The number of ether oxygens (including phenoxy) is 2. The van der Waals surface area contributed by atoms with Gasteiger partial charge in [0, 0.05) is 25.7 Å². The molecular formula is C21H27N3O4. The molecule has 2 aromatic rings. The van der Waals surface area contributed by atoms with Crippen LogP contribution in [0.4, 0.5) is 0 Å². The van der Waals surface area contributed by atoms with E-state index < -0.39 is 0 Å². The molecule has 0 aromatic heterocycles. The molecule has 0 heterocycles. The Hall–Kier alpha value is -3.06. The second kappa shape index (κ2) is 10.9. The van der Waals surface area contributed by atoms with Crippen molar-refractivity contribution >= 4 is 11.8 Å². The summed E-state index contributed by atoms with van der Waals surface area (Å²) < 4.78 is 10.8. The third-order valence-corrected chi connectivity index (χ3v) is 4.18. The van der Waals surface area contributed by atoms with Crippen LogP contribution in [0.1, 0.15) is 22.3 Å². The van der Waals surface area contributed by atoms with Crippen molar-refractivity contribution in [3.63, 3.8) is 0 Å². The van der Waals surface area contributed by atoms with E-state index in [1.54, 1.807) is 23.1 Å². The maximum absolute atomic E-state index is 13.1. The molecule has 2 aromatic carbocycles. The molecule has 0 aliphatic rings. The Morgan fingerprint density at radius 1 is 1.11 bits per heavy atom. The number of nitrogens with zero attached hydrogens (tertiary/aromatic N) is 1. The monoisotopic (exact) mass is 385 g/mol. The van der Waals surface area contributed by atoms with Gasteiger partial charge in [-0.3, -0.25) is 9.59 Å². The molecule has 0 aliphatic carbocycles. The van der Waals surface area contributed by atoms with E-state index in [1.807, 2.05) is 30.3 Å².